The standard InChI is InChI=1S/C21H22ClN3O3S/c1-28-14-4-13-23-20(27)17-5-2-3-6-18(17)24-21(29)25-19(26)12-9-15-7-10-16(22)11-8-15/h2-3,5-12H,4,13-14H2,1H3,(H,23,27)(H2,24,25,26,29)/b12-9+. The lowest BCUT2D eigenvalue weighted by atomic mass is 10.1. The Morgan fingerprint density at radius 1 is 1.14 bits per heavy atom. The minimum atomic E-state index is -0.390. The van der Waals surface area contributed by atoms with E-state index >= 15 is 0 Å². The summed E-state index contributed by atoms with van der Waals surface area (Å²) in [4.78, 5) is 24.4. The van der Waals surface area contributed by atoms with Crippen LogP contribution in [0.1, 0.15) is 22.3 Å². The third kappa shape index (κ3) is 8.03. The molecule has 0 atom stereocenters. The highest BCUT2D eigenvalue weighted by Gasteiger charge is 2.12. The van der Waals surface area contributed by atoms with Crippen LogP contribution in [-0.2, 0) is 9.53 Å². The van der Waals surface area contributed by atoms with E-state index in [0.717, 1.165) is 5.56 Å². The van der Waals surface area contributed by atoms with Gasteiger partial charge < -0.3 is 15.4 Å². The lowest BCUT2D eigenvalue weighted by molar-refractivity contribution is -0.115. The lowest BCUT2D eigenvalue weighted by Gasteiger charge is -2.13. The summed E-state index contributed by atoms with van der Waals surface area (Å²) in [5.74, 6) is -0.625. The van der Waals surface area contributed by atoms with Gasteiger partial charge in [0.2, 0.25) is 5.91 Å². The van der Waals surface area contributed by atoms with E-state index in [1.807, 2.05) is 0 Å². The molecule has 8 heteroatoms. The van der Waals surface area contributed by atoms with Crippen molar-refractivity contribution in [3.8, 4) is 0 Å². The molecule has 2 aromatic rings. The Labute approximate surface area is 180 Å². The third-order valence-corrected chi connectivity index (χ3v) is 4.22. The molecule has 0 aromatic heterocycles. The van der Waals surface area contributed by atoms with E-state index in [1.165, 1.54) is 6.08 Å². The SMILES string of the molecule is COCCCNC(=O)c1ccccc1NC(=S)NC(=O)/C=C/c1ccc(Cl)cc1. The molecule has 0 spiro atoms. The van der Waals surface area contributed by atoms with Gasteiger partial charge in [-0.2, -0.15) is 0 Å². The average Bonchev–Trinajstić information content (AvgIpc) is 2.71. The first-order chi connectivity index (χ1) is 14.0. The van der Waals surface area contributed by atoms with Crippen LogP contribution in [0.4, 0.5) is 5.69 Å². The van der Waals surface area contributed by atoms with Crippen molar-refractivity contribution in [1.82, 2.24) is 10.6 Å². The zero-order valence-corrected chi connectivity index (χ0v) is 17.5. The number of hydrogen-bond donors (Lipinski definition) is 3. The summed E-state index contributed by atoms with van der Waals surface area (Å²) in [6.45, 7) is 1.07. The predicted molar refractivity (Wildman–Crippen MR) is 120 cm³/mol. The highest BCUT2D eigenvalue weighted by atomic mass is 35.5. The molecule has 0 saturated heterocycles. The minimum Gasteiger partial charge on any atom is -0.385 e. The number of halogens is 1. The van der Waals surface area contributed by atoms with Crippen LogP contribution in [0.2, 0.25) is 5.02 Å². The molecule has 29 heavy (non-hydrogen) atoms. The zero-order chi connectivity index (χ0) is 21.1. The van der Waals surface area contributed by atoms with E-state index in [1.54, 1.807) is 61.7 Å². The second kappa shape index (κ2) is 12.0. The number of thiocarbonyl (C=S) groups is 1. The lowest BCUT2D eigenvalue weighted by Crippen LogP contribution is -2.34. The quantitative estimate of drug-likeness (QED) is 0.338. The van der Waals surface area contributed by atoms with E-state index in [9.17, 15) is 9.59 Å². The Bertz CT molecular complexity index is 885. The second-order valence-electron chi connectivity index (χ2n) is 5.98. The molecular formula is C21H22ClN3O3S. The van der Waals surface area contributed by atoms with Crippen LogP contribution in [-0.4, -0.2) is 37.2 Å². The number of nitrogens with one attached hydrogen (secondary N) is 3. The van der Waals surface area contributed by atoms with Crippen molar-refractivity contribution >= 4 is 52.5 Å². The number of carbonyl (C=O) groups is 2. The third-order valence-electron chi connectivity index (χ3n) is 3.76. The molecule has 0 unspecified atom stereocenters. The van der Waals surface area contributed by atoms with E-state index < -0.39 is 0 Å². The van der Waals surface area contributed by atoms with Gasteiger partial charge in [0.25, 0.3) is 5.91 Å². The van der Waals surface area contributed by atoms with Crippen LogP contribution in [0.15, 0.2) is 54.6 Å². The van der Waals surface area contributed by atoms with Crippen LogP contribution in [0.25, 0.3) is 6.08 Å². The number of benzene rings is 2. The predicted octanol–water partition coefficient (Wildman–Crippen LogP) is 3.63. The topological polar surface area (TPSA) is 79.5 Å². The second-order valence-corrected chi connectivity index (χ2v) is 6.82. The summed E-state index contributed by atoms with van der Waals surface area (Å²) in [5.41, 5.74) is 1.76. The van der Waals surface area contributed by atoms with Gasteiger partial charge in [0, 0.05) is 31.4 Å². The van der Waals surface area contributed by atoms with Gasteiger partial charge in [-0.1, -0.05) is 35.9 Å². The molecule has 2 rings (SSSR count). The van der Waals surface area contributed by atoms with Crippen molar-refractivity contribution in [3.63, 3.8) is 0 Å². The summed E-state index contributed by atoms with van der Waals surface area (Å²) < 4.78 is 4.96. The van der Waals surface area contributed by atoms with Crippen molar-refractivity contribution in [2.45, 2.75) is 6.42 Å². The van der Waals surface area contributed by atoms with Crippen LogP contribution >= 0.6 is 23.8 Å². The van der Waals surface area contributed by atoms with Crippen molar-refractivity contribution < 1.29 is 14.3 Å². The van der Waals surface area contributed by atoms with Gasteiger partial charge in [0.15, 0.2) is 5.11 Å². The zero-order valence-electron chi connectivity index (χ0n) is 15.9. The Morgan fingerprint density at radius 3 is 2.59 bits per heavy atom. The number of carbonyl (C=O) groups excluding carboxylic acids is 2. The van der Waals surface area contributed by atoms with Gasteiger partial charge >= 0.3 is 0 Å². The summed E-state index contributed by atoms with van der Waals surface area (Å²) >= 11 is 11.0. The number of hydrogen-bond acceptors (Lipinski definition) is 4. The molecule has 3 N–H and O–H groups in total. The Balaban J connectivity index is 1.92. The molecule has 0 radical (unpaired) electrons. The van der Waals surface area contributed by atoms with Crippen molar-refractivity contribution in [2.24, 2.45) is 0 Å². The molecule has 0 aliphatic heterocycles. The van der Waals surface area contributed by atoms with E-state index in [-0.39, 0.29) is 16.9 Å². The van der Waals surface area contributed by atoms with Crippen LogP contribution < -0.4 is 16.0 Å². The molecule has 6 nitrogen and oxygen atoms in total. The highest BCUT2D eigenvalue weighted by Crippen LogP contribution is 2.15. The van der Waals surface area contributed by atoms with Crippen LogP contribution in [0, 0.1) is 0 Å². The fourth-order valence-electron chi connectivity index (χ4n) is 2.36. The maximum atomic E-state index is 12.4. The Hall–Kier alpha value is -2.74. The maximum absolute atomic E-state index is 12.4. The summed E-state index contributed by atoms with van der Waals surface area (Å²) in [7, 11) is 1.61. The minimum absolute atomic E-state index is 0.0930. The molecule has 2 aromatic carbocycles. The summed E-state index contributed by atoms with van der Waals surface area (Å²) in [6.07, 6.45) is 3.73. The fraction of sp³-hybridized carbons (Fsp3) is 0.190. The van der Waals surface area contributed by atoms with Crippen molar-refractivity contribution in [3.05, 3.63) is 70.8 Å². The number of anilines is 1. The van der Waals surface area contributed by atoms with Gasteiger partial charge in [-0.25, -0.2) is 0 Å². The number of para-hydroxylation sites is 1. The van der Waals surface area contributed by atoms with Crippen LogP contribution in [0.5, 0.6) is 0 Å². The maximum Gasteiger partial charge on any atom is 0.253 e. The van der Waals surface area contributed by atoms with Gasteiger partial charge in [-0.05, 0) is 54.5 Å². The molecule has 0 saturated carbocycles. The molecule has 0 aliphatic carbocycles. The fourth-order valence-corrected chi connectivity index (χ4v) is 2.69. The van der Waals surface area contributed by atoms with Gasteiger partial charge in [0.1, 0.15) is 0 Å². The highest BCUT2D eigenvalue weighted by molar-refractivity contribution is 7.80. The molecule has 0 bridgehead atoms. The van der Waals surface area contributed by atoms with Crippen LogP contribution in [0.3, 0.4) is 0 Å². The Morgan fingerprint density at radius 2 is 1.86 bits per heavy atom. The van der Waals surface area contributed by atoms with Crippen molar-refractivity contribution in [1.29, 1.82) is 0 Å². The molecule has 0 fully saturated rings. The smallest absolute Gasteiger partial charge is 0.253 e. The van der Waals surface area contributed by atoms with Crippen molar-refractivity contribution in [2.75, 3.05) is 25.6 Å². The first-order valence-corrected chi connectivity index (χ1v) is 9.70. The molecule has 0 aliphatic rings. The normalized spacial score (nSPS) is 10.6. The Kier molecular flexibility index (Phi) is 9.30. The molecular weight excluding hydrogens is 410 g/mol. The molecule has 0 heterocycles. The van der Waals surface area contributed by atoms with Gasteiger partial charge in [0.05, 0.1) is 11.3 Å². The molecule has 152 valence electrons. The van der Waals surface area contributed by atoms with Gasteiger partial charge in [-0.3, -0.25) is 14.9 Å². The monoisotopic (exact) mass is 431 g/mol. The van der Waals surface area contributed by atoms with E-state index in [2.05, 4.69) is 16.0 Å². The largest absolute Gasteiger partial charge is 0.385 e. The summed E-state index contributed by atoms with van der Waals surface area (Å²) in [6, 6.07) is 14.0. The van der Waals surface area contributed by atoms with Gasteiger partial charge in [-0.15, -0.1) is 0 Å². The number of methoxy groups -OCH3 is 1. The number of amides is 2. The number of rotatable bonds is 8. The first kappa shape index (κ1) is 22.5. The first-order valence-electron chi connectivity index (χ1n) is 8.91. The van der Waals surface area contributed by atoms with E-state index in [4.69, 9.17) is 28.6 Å². The number of ether oxygens (including phenoxy) is 1. The molecule has 2 amide bonds. The average molecular weight is 432 g/mol. The van der Waals surface area contributed by atoms with E-state index in [0.29, 0.717) is 35.8 Å². The summed E-state index contributed by atoms with van der Waals surface area (Å²) in [5, 5.41) is 8.99.